The molecule has 3 N–H and O–H groups in total. The van der Waals surface area contributed by atoms with E-state index in [0.29, 0.717) is 5.92 Å². The molecular formula is C14H18BrN3. The molecule has 18 heavy (non-hydrogen) atoms. The van der Waals surface area contributed by atoms with Crippen LogP contribution < -0.4 is 11.3 Å². The van der Waals surface area contributed by atoms with E-state index in [0.717, 1.165) is 32.3 Å². The Labute approximate surface area is 116 Å². The van der Waals surface area contributed by atoms with Crippen LogP contribution in [0.1, 0.15) is 36.6 Å². The van der Waals surface area contributed by atoms with Crippen LogP contribution in [0.3, 0.4) is 0 Å². The maximum absolute atomic E-state index is 5.73. The van der Waals surface area contributed by atoms with E-state index in [1.165, 1.54) is 5.56 Å². The molecule has 1 aromatic carbocycles. The Hall–Kier alpha value is -1.13. The number of nitrogens with two attached hydrogens (primary N) is 1. The topological polar surface area (TPSA) is 50.9 Å². The van der Waals surface area contributed by atoms with Gasteiger partial charge in [-0.1, -0.05) is 29.8 Å². The van der Waals surface area contributed by atoms with Gasteiger partial charge in [-0.2, -0.15) is 0 Å². The molecule has 4 heteroatoms. The number of fused-ring (bicyclic) bond motifs is 1. The van der Waals surface area contributed by atoms with Crippen molar-refractivity contribution in [3.05, 3.63) is 33.4 Å². The summed E-state index contributed by atoms with van der Waals surface area (Å²) in [5, 5.41) is 1.07. The number of halogens is 1. The Morgan fingerprint density at radius 3 is 2.50 bits per heavy atom. The third-order valence-corrected chi connectivity index (χ3v) is 3.65. The van der Waals surface area contributed by atoms with Gasteiger partial charge in [-0.3, -0.25) is 10.8 Å². The van der Waals surface area contributed by atoms with Crippen molar-refractivity contribution in [3.8, 4) is 0 Å². The molecule has 0 saturated heterocycles. The smallest absolute Gasteiger partial charge is 0.0756 e. The van der Waals surface area contributed by atoms with E-state index in [1.54, 1.807) is 0 Å². The molecule has 3 nitrogen and oxygen atoms in total. The second kappa shape index (κ2) is 4.86. The minimum absolute atomic E-state index is 0.382. The largest absolute Gasteiger partial charge is 0.323 e. The van der Waals surface area contributed by atoms with Gasteiger partial charge in [0.2, 0.25) is 0 Å². The van der Waals surface area contributed by atoms with Gasteiger partial charge in [0.1, 0.15) is 0 Å². The lowest BCUT2D eigenvalue weighted by Gasteiger charge is -2.18. The maximum Gasteiger partial charge on any atom is 0.0756 e. The van der Waals surface area contributed by atoms with E-state index < -0.39 is 0 Å². The van der Waals surface area contributed by atoms with Crippen molar-refractivity contribution < 1.29 is 0 Å². The van der Waals surface area contributed by atoms with Crippen LogP contribution >= 0.6 is 15.9 Å². The third kappa shape index (κ3) is 2.10. The van der Waals surface area contributed by atoms with E-state index in [9.17, 15) is 0 Å². The highest BCUT2D eigenvalue weighted by Crippen LogP contribution is 2.35. The van der Waals surface area contributed by atoms with Crippen LogP contribution in [0.15, 0.2) is 16.6 Å². The van der Waals surface area contributed by atoms with Crippen LogP contribution in [-0.4, -0.2) is 4.98 Å². The first kappa shape index (κ1) is 13.3. The quantitative estimate of drug-likeness (QED) is 0.650. The zero-order chi connectivity index (χ0) is 13.4. The van der Waals surface area contributed by atoms with Gasteiger partial charge in [0, 0.05) is 21.1 Å². The summed E-state index contributed by atoms with van der Waals surface area (Å²) in [4.78, 5) is 4.73. The number of benzene rings is 1. The van der Waals surface area contributed by atoms with Crippen molar-refractivity contribution in [1.29, 1.82) is 0 Å². The van der Waals surface area contributed by atoms with E-state index in [4.69, 9.17) is 10.8 Å². The lowest BCUT2D eigenvalue weighted by Crippen LogP contribution is -2.13. The minimum atomic E-state index is 0.382. The summed E-state index contributed by atoms with van der Waals surface area (Å²) in [6.45, 7) is 8.41. The molecular weight excluding hydrogens is 290 g/mol. The average Bonchev–Trinajstić information content (AvgIpc) is 2.28. The molecule has 96 valence electrons. The first-order chi connectivity index (χ1) is 8.45. The van der Waals surface area contributed by atoms with Crippen molar-refractivity contribution >= 4 is 32.5 Å². The van der Waals surface area contributed by atoms with E-state index >= 15 is 0 Å². The van der Waals surface area contributed by atoms with Gasteiger partial charge in [0.15, 0.2) is 0 Å². The normalized spacial score (nSPS) is 11.3. The summed E-state index contributed by atoms with van der Waals surface area (Å²) in [7, 11) is 0. The lowest BCUT2D eigenvalue weighted by atomic mass is 9.96. The van der Waals surface area contributed by atoms with Crippen LogP contribution in [0.5, 0.6) is 0 Å². The van der Waals surface area contributed by atoms with Gasteiger partial charge < -0.3 is 5.43 Å². The molecule has 0 radical (unpaired) electrons. The summed E-state index contributed by atoms with van der Waals surface area (Å²) in [5.74, 6) is 6.11. The van der Waals surface area contributed by atoms with Gasteiger partial charge in [0.05, 0.1) is 11.2 Å². The highest BCUT2D eigenvalue weighted by Gasteiger charge is 2.16. The molecule has 2 rings (SSSR count). The number of hydrazine groups is 1. The molecule has 0 bridgehead atoms. The number of aromatic nitrogens is 1. The first-order valence-corrected chi connectivity index (χ1v) is 6.82. The average molecular weight is 308 g/mol. The van der Waals surface area contributed by atoms with Crippen molar-refractivity contribution in [2.24, 2.45) is 5.84 Å². The molecule has 1 aromatic heterocycles. The van der Waals surface area contributed by atoms with Crippen LogP contribution in [0.2, 0.25) is 0 Å². The van der Waals surface area contributed by atoms with Crippen LogP contribution in [-0.2, 0) is 0 Å². The second-order valence-corrected chi connectivity index (χ2v) is 5.82. The highest BCUT2D eigenvalue weighted by molar-refractivity contribution is 9.10. The number of rotatable bonds is 2. The molecule has 0 amide bonds. The fraction of sp³-hybridized carbons (Fsp3) is 0.357. The zero-order valence-corrected chi connectivity index (χ0v) is 12.7. The summed E-state index contributed by atoms with van der Waals surface area (Å²) < 4.78 is 1.05. The van der Waals surface area contributed by atoms with Crippen molar-refractivity contribution in [2.75, 3.05) is 5.43 Å². The second-order valence-electron chi connectivity index (χ2n) is 4.90. The summed E-state index contributed by atoms with van der Waals surface area (Å²) >= 11 is 3.53. The fourth-order valence-electron chi connectivity index (χ4n) is 2.49. The molecule has 0 spiro atoms. The Bertz CT molecular complexity index is 606. The van der Waals surface area contributed by atoms with Gasteiger partial charge in [0.25, 0.3) is 0 Å². The van der Waals surface area contributed by atoms with E-state index in [1.807, 2.05) is 6.92 Å². The van der Waals surface area contributed by atoms with Gasteiger partial charge in [-0.05, 0) is 37.5 Å². The van der Waals surface area contributed by atoms with Gasteiger partial charge in [-0.25, -0.2) is 0 Å². The number of nitrogen functional groups attached to an aromatic ring is 1. The van der Waals surface area contributed by atoms with E-state index in [2.05, 4.69) is 54.3 Å². The Morgan fingerprint density at radius 2 is 1.94 bits per heavy atom. The van der Waals surface area contributed by atoms with Crippen molar-refractivity contribution in [1.82, 2.24) is 4.98 Å². The number of hydrogen-bond acceptors (Lipinski definition) is 3. The molecule has 1 heterocycles. The van der Waals surface area contributed by atoms with Crippen LogP contribution in [0.25, 0.3) is 10.9 Å². The Balaban J connectivity index is 2.94. The molecule has 0 fully saturated rings. The van der Waals surface area contributed by atoms with Crippen LogP contribution in [0, 0.1) is 13.8 Å². The van der Waals surface area contributed by atoms with Crippen molar-refractivity contribution in [3.63, 3.8) is 0 Å². The van der Waals surface area contributed by atoms with Crippen LogP contribution in [0.4, 0.5) is 5.69 Å². The number of nitrogens with zero attached hydrogens (tertiary/aromatic N) is 1. The molecule has 0 aliphatic carbocycles. The number of nitrogens with one attached hydrogen (secondary N) is 1. The fourth-order valence-corrected chi connectivity index (χ4v) is 3.06. The van der Waals surface area contributed by atoms with Gasteiger partial charge >= 0.3 is 0 Å². The standard InChI is InChI=1S/C14H18BrN3/c1-7(2)12-9(4)17-13-8(3)5-10(15)6-11(13)14(12)18-16/h5-7H,16H2,1-4H3,(H,17,18). The number of hydrogen-bond donors (Lipinski definition) is 2. The Morgan fingerprint density at radius 1 is 1.28 bits per heavy atom. The van der Waals surface area contributed by atoms with Crippen molar-refractivity contribution in [2.45, 2.75) is 33.6 Å². The first-order valence-electron chi connectivity index (χ1n) is 6.02. The molecule has 0 aliphatic heterocycles. The molecule has 0 unspecified atom stereocenters. The Kier molecular flexibility index (Phi) is 3.59. The number of aryl methyl sites for hydroxylation is 2. The molecule has 2 aromatic rings. The number of anilines is 1. The summed E-state index contributed by atoms with van der Waals surface area (Å²) in [6.07, 6.45) is 0. The highest BCUT2D eigenvalue weighted by atomic mass is 79.9. The summed E-state index contributed by atoms with van der Waals surface area (Å²) in [5.41, 5.74) is 8.21. The predicted molar refractivity (Wildman–Crippen MR) is 80.8 cm³/mol. The molecule has 0 aliphatic rings. The summed E-state index contributed by atoms with van der Waals surface area (Å²) in [6, 6.07) is 4.14. The third-order valence-electron chi connectivity index (χ3n) is 3.19. The van der Waals surface area contributed by atoms with Gasteiger partial charge in [-0.15, -0.1) is 0 Å². The molecule has 0 atom stereocenters. The SMILES string of the molecule is Cc1nc2c(C)cc(Br)cc2c(NN)c1C(C)C. The van der Waals surface area contributed by atoms with E-state index in [-0.39, 0.29) is 0 Å². The predicted octanol–water partition coefficient (Wildman–Crippen LogP) is 4.02. The monoisotopic (exact) mass is 307 g/mol. The zero-order valence-electron chi connectivity index (χ0n) is 11.1. The molecule has 0 saturated carbocycles. The number of pyridine rings is 1. The minimum Gasteiger partial charge on any atom is -0.323 e. The lowest BCUT2D eigenvalue weighted by molar-refractivity contribution is 0.848. The maximum atomic E-state index is 5.73.